The molecule has 1 unspecified atom stereocenters. The number of nitrogens with zero attached hydrogens (tertiary/aromatic N) is 1. The number of hydrogen-bond donors (Lipinski definition) is 1. The molecule has 0 bridgehead atoms. The largest absolute Gasteiger partial charge is 0.395 e. The van der Waals surface area contributed by atoms with E-state index in [1.54, 1.807) is 11.2 Å². The van der Waals surface area contributed by atoms with Gasteiger partial charge in [-0.1, -0.05) is 12.5 Å². The summed E-state index contributed by atoms with van der Waals surface area (Å²) < 4.78 is 0. The van der Waals surface area contributed by atoms with Crippen LogP contribution >= 0.6 is 0 Å². The number of hydrazine groups is 1. The summed E-state index contributed by atoms with van der Waals surface area (Å²) >= 11 is 0. The van der Waals surface area contributed by atoms with Crippen molar-refractivity contribution < 1.29 is 9.63 Å². The zero-order chi connectivity index (χ0) is 7.40. The maximum atomic E-state index is 10.2. The van der Waals surface area contributed by atoms with Crippen LogP contribution in [0.1, 0.15) is 6.92 Å². The Bertz CT molecular complexity index is 147. The quantitative estimate of drug-likeness (QED) is 0.565. The SMILES string of the molecule is CC(C=O)CN1C=CON1. The number of carbonyl (C=O) groups is 1. The zero-order valence-electron chi connectivity index (χ0n) is 5.78. The van der Waals surface area contributed by atoms with Crippen molar-refractivity contribution in [3.05, 3.63) is 12.5 Å². The van der Waals surface area contributed by atoms with Gasteiger partial charge in [0, 0.05) is 12.5 Å². The third-order valence-corrected chi connectivity index (χ3v) is 1.20. The predicted octanol–water partition coefficient (Wildman–Crippen LogP) is 0.0444. The van der Waals surface area contributed by atoms with Gasteiger partial charge in [-0.2, -0.15) is 0 Å². The molecule has 56 valence electrons. The fraction of sp³-hybridized carbons (Fsp3) is 0.500. The highest BCUT2D eigenvalue weighted by Crippen LogP contribution is 1.98. The van der Waals surface area contributed by atoms with Gasteiger partial charge in [0.15, 0.2) is 0 Å². The minimum absolute atomic E-state index is 0.0267. The first-order valence-electron chi connectivity index (χ1n) is 3.13. The van der Waals surface area contributed by atoms with Crippen LogP contribution in [0.2, 0.25) is 0 Å². The number of aldehydes is 1. The van der Waals surface area contributed by atoms with Crippen LogP contribution in [0.15, 0.2) is 12.5 Å². The lowest BCUT2D eigenvalue weighted by Crippen LogP contribution is -2.32. The van der Waals surface area contributed by atoms with Gasteiger partial charge in [-0.05, 0) is 0 Å². The highest BCUT2D eigenvalue weighted by Gasteiger charge is 2.07. The summed E-state index contributed by atoms with van der Waals surface area (Å²) in [5.74, 6) is 0.0267. The second-order valence-corrected chi connectivity index (χ2v) is 2.26. The molecule has 1 aliphatic heterocycles. The van der Waals surface area contributed by atoms with Gasteiger partial charge in [-0.25, -0.2) is 0 Å². The van der Waals surface area contributed by atoms with Crippen LogP contribution in [0.4, 0.5) is 0 Å². The van der Waals surface area contributed by atoms with Crippen LogP contribution < -0.4 is 5.59 Å². The summed E-state index contributed by atoms with van der Waals surface area (Å²) in [6, 6.07) is 0. The molecule has 1 N–H and O–H groups in total. The smallest absolute Gasteiger partial charge is 0.131 e. The monoisotopic (exact) mass is 142 g/mol. The van der Waals surface area contributed by atoms with Gasteiger partial charge >= 0.3 is 0 Å². The molecule has 0 aromatic rings. The molecule has 10 heavy (non-hydrogen) atoms. The van der Waals surface area contributed by atoms with E-state index >= 15 is 0 Å². The minimum Gasteiger partial charge on any atom is -0.395 e. The Balaban J connectivity index is 2.24. The van der Waals surface area contributed by atoms with Gasteiger partial charge in [0.25, 0.3) is 0 Å². The zero-order valence-corrected chi connectivity index (χ0v) is 5.78. The maximum Gasteiger partial charge on any atom is 0.131 e. The molecule has 0 fully saturated rings. The number of rotatable bonds is 3. The van der Waals surface area contributed by atoms with Crippen molar-refractivity contribution in [2.75, 3.05) is 6.54 Å². The van der Waals surface area contributed by atoms with Crippen molar-refractivity contribution in [1.82, 2.24) is 10.6 Å². The van der Waals surface area contributed by atoms with Crippen LogP contribution in [0, 0.1) is 5.92 Å². The first kappa shape index (κ1) is 7.08. The van der Waals surface area contributed by atoms with Crippen molar-refractivity contribution in [3.63, 3.8) is 0 Å². The molecule has 0 radical (unpaired) electrons. The molecule has 1 aliphatic rings. The summed E-state index contributed by atoms with van der Waals surface area (Å²) in [4.78, 5) is 14.9. The maximum absolute atomic E-state index is 10.2. The Morgan fingerprint density at radius 2 is 2.70 bits per heavy atom. The fourth-order valence-corrected chi connectivity index (χ4v) is 0.684. The summed E-state index contributed by atoms with van der Waals surface area (Å²) in [6.07, 6.45) is 4.17. The lowest BCUT2D eigenvalue weighted by Gasteiger charge is -2.14. The second kappa shape index (κ2) is 3.22. The lowest BCUT2D eigenvalue weighted by atomic mass is 10.2. The summed E-state index contributed by atoms with van der Waals surface area (Å²) in [5, 5.41) is 1.71. The number of hydrogen-bond acceptors (Lipinski definition) is 4. The molecule has 0 saturated heterocycles. The van der Waals surface area contributed by atoms with Gasteiger partial charge < -0.3 is 9.63 Å². The molecule has 0 saturated carbocycles. The van der Waals surface area contributed by atoms with E-state index in [0.717, 1.165) is 6.29 Å². The number of carbonyl (C=O) groups excluding carboxylic acids is 1. The molecular weight excluding hydrogens is 132 g/mol. The van der Waals surface area contributed by atoms with E-state index in [0.29, 0.717) is 6.54 Å². The molecule has 4 nitrogen and oxygen atoms in total. The Kier molecular flexibility index (Phi) is 2.28. The standard InChI is InChI=1S/C6H10N2O2/c1-6(5-9)4-8-2-3-10-7-8/h2-3,5-7H,4H2,1H3. The molecule has 4 heteroatoms. The third kappa shape index (κ3) is 1.73. The molecule has 1 atom stereocenters. The van der Waals surface area contributed by atoms with Gasteiger partial charge in [-0.3, -0.25) is 5.01 Å². The van der Waals surface area contributed by atoms with Crippen LogP contribution in [0.3, 0.4) is 0 Å². The van der Waals surface area contributed by atoms with E-state index in [4.69, 9.17) is 0 Å². The van der Waals surface area contributed by atoms with E-state index < -0.39 is 0 Å². The third-order valence-electron chi connectivity index (χ3n) is 1.20. The minimum atomic E-state index is 0.0267. The molecule has 1 heterocycles. The van der Waals surface area contributed by atoms with Crippen LogP contribution in [0.5, 0.6) is 0 Å². The van der Waals surface area contributed by atoms with Gasteiger partial charge in [0.05, 0.1) is 6.20 Å². The normalized spacial score (nSPS) is 18.7. The summed E-state index contributed by atoms with van der Waals surface area (Å²) in [6.45, 7) is 2.49. The predicted molar refractivity (Wildman–Crippen MR) is 35.3 cm³/mol. The molecule has 0 aliphatic carbocycles. The van der Waals surface area contributed by atoms with Crippen LogP contribution in [0.25, 0.3) is 0 Å². The average Bonchev–Trinajstić information content (AvgIpc) is 2.40. The topological polar surface area (TPSA) is 41.6 Å². The van der Waals surface area contributed by atoms with Gasteiger partial charge in [-0.15, -0.1) is 0 Å². The van der Waals surface area contributed by atoms with Crippen molar-refractivity contribution >= 4 is 6.29 Å². The van der Waals surface area contributed by atoms with Gasteiger partial charge in [0.1, 0.15) is 12.5 Å². The molecule has 0 aromatic heterocycles. The first-order chi connectivity index (χ1) is 4.83. The molecule has 0 aromatic carbocycles. The van der Waals surface area contributed by atoms with Crippen LogP contribution in [-0.2, 0) is 9.63 Å². The molecule has 0 amide bonds. The molecular formula is C6H10N2O2. The Labute approximate surface area is 59.4 Å². The van der Waals surface area contributed by atoms with E-state index in [1.807, 2.05) is 6.92 Å². The summed E-state index contributed by atoms with van der Waals surface area (Å²) in [7, 11) is 0. The number of nitrogens with one attached hydrogen (secondary N) is 1. The summed E-state index contributed by atoms with van der Waals surface area (Å²) in [5.41, 5.74) is 2.59. The van der Waals surface area contributed by atoms with Crippen molar-refractivity contribution in [2.24, 2.45) is 5.92 Å². The van der Waals surface area contributed by atoms with Crippen molar-refractivity contribution in [3.8, 4) is 0 Å². The van der Waals surface area contributed by atoms with Gasteiger partial charge in [0.2, 0.25) is 0 Å². The first-order valence-corrected chi connectivity index (χ1v) is 3.13. The Morgan fingerprint density at radius 1 is 1.90 bits per heavy atom. The van der Waals surface area contributed by atoms with Crippen molar-refractivity contribution in [1.29, 1.82) is 0 Å². The lowest BCUT2D eigenvalue weighted by molar-refractivity contribution is -0.111. The molecule has 1 rings (SSSR count). The van der Waals surface area contributed by atoms with E-state index in [9.17, 15) is 4.79 Å². The fourth-order valence-electron chi connectivity index (χ4n) is 0.684. The average molecular weight is 142 g/mol. The second-order valence-electron chi connectivity index (χ2n) is 2.26. The highest BCUT2D eigenvalue weighted by molar-refractivity contribution is 5.53. The highest BCUT2D eigenvalue weighted by atomic mass is 16.7. The van der Waals surface area contributed by atoms with Crippen molar-refractivity contribution in [2.45, 2.75) is 6.92 Å². The van der Waals surface area contributed by atoms with E-state index in [2.05, 4.69) is 10.4 Å². The molecule has 0 spiro atoms. The van der Waals surface area contributed by atoms with E-state index in [-0.39, 0.29) is 5.92 Å². The van der Waals surface area contributed by atoms with E-state index in [1.165, 1.54) is 6.26 Å². The Hall–Kier alpha value is -1.03. The van der Waals surface area contributed by atoms with Crippen LogP contribution in [-0.4, -0.2) is 17.8 Å². The Morgan fingerprint density at radius 3 is 3.20 bits per heavy atom.